The Morgan fingerprint density at radius 2 is 1.65 bits per heavy atom. The molecule has 0 radical (unpaired) electrons. The number of nitrogens with one attached hydrogen (secondary N) is 2. The highest BCUT2D eigenvalue weighted by molar-refractivity contribution is 6.02. The lowest BCUT2D eigenvalue weighted by Gasteiger charge is -2.17. The van der Waals surface area contributed by atoms with Gasteiger partial charge < -0.3 is 20.8 Å². The van der Waals surface area contributed by atoms with E-state index in [0.29, 0.717) is 30.6 Å². The molecule has 0 unspecified atom stereocenters. The summed E-state index contributed by atoms with van der Waals surface area (Å²) < 4.78 is 0. The smallest absolute Gasteiger partial charge is 0.235 e. The number of hydrogen-bond acceptors (Lipinski definition) is 4. The number of carbonyl (C=O) groups excluding carboxylic acids is 2. The summed E-state index contributed by atoms with van der Waals surface area (Å²) in [7, 11) is 0. The topological polar surface area (TPSA) is 98.7 Å². The molecule has 0 saturated heterocycles. The summed E-state index contributed by atoms with van der Waals surface area (Å²) in [5.41, 5.74) is 4.87. The summed E-state index contributed by atoms with van der Waals surface area (Å²) in [6.07, 6.45) is 1.38. The molecule has 0 spiro atoms. The van der Waals surface area contributed by atoms with Crippen LogP contribution < -0.4 is 10.6 Å². The van der Waals surface area contributed by atoms with Crippen molar-refractivity contribution >= 4 is 17.5 Å². The highest BCUT2D eigenvalue weighted by atomic mass is 16.3. The summed E-state index contributed by atoms with van der Waals surface area (Å²) >= 11 is 0. The van der Waals surface area contributed by atoms with Crippen molar-refractivity contribution in [3.8, 4) is 22.6 Å². The van der Waals surface area contributed by atoms with Gasteiger partial charge in [-0.3, -0.25) is 9.59 Å². The standard InChI is InChI=1S/C28H30N2O4/c1-17(2)26(33)29-16-19-5-7-20(8-6-19)23-15-22(10-4-18(23)3)30-27(34)28(12-13-28)21-9-11-24(31)25(32)14-21/h4-11,14-15,17,31-32H,12-13,16H2,1-3H3,(H,29,33)(H,30,34). The van der Waals surface area contributed by atoms with Crippen molar-refractivity contribution in [1.29, 1.82) is 0 Å². The van der Waals surface area contributed by atoms with Crippen LogP contribution in [0.2, 0.25) is 0 Å². The maximum Gasteiger partial charge on any atom is 0.235 e. The molecule has 3 aromatic rings. The molecular weight excluding hydrogens is 428 g/mol. The highest BCUT2D eigenvalue weighted by Gasteiger charge is 2.51. The van der Waals surface area contributed by atoms with Crippen molar-refractivity contribution in [3.63, 3.8) is 0 Å². The summed E-state index contributed by atoms with van der Waals surface area (Å²) in [6.45, 7) is 6.25. The average Bonchev–Trinajstić information content (AvgIpc) is 3.63. The zero-order valence-electron chi connectivity index (χ0n) is 19.7. The number of hydrogen-bond donors (Lipinski definition) is 4. The van der Waals surface area contributed by atoms with Gasteiger partial charge in [-0.15, -0.1) is 0 Å². The van der Waals surface area contributed by atoms with E-state index in [-0.39, 0.29) is 29.2 Å². The predicted molar refractivity (Wildman–Crippen MR) is 133 cm³/mol. The van der Waals surface area contributed by atoms with Crippen LogP contribution in [0.25, 0.3) is 11.1 Å². The summed E-state index contributed by atoms with van der Waals surface area (Å²) in [5, 5.41) is 25.4. The number of phenols is 2. The van der Waals surface area contributed by atoms with Gasteiger partial charge in [0, 0.05) is 18.2 Å². The van der Waals surface area contributed by atoms with Gasteiger partial charge in [0.2, 0.25) is 11.8 Å². The molecule has 1 aliphatic carbocycles. The maximum atomic E-state index is 13.2. The van der Waals surface area contributed by atoms with Gasteiger partial charge in [-0.1, -0.05) is 50.2 Å². The fraction of sp³-hybridized carbons (Fsp3) is 0.286. The fourth-order valence-electron chi connectivity index (χ4n) is 4.05. The second kappa shape index (κ2) is 9.21. The van der Waals surface area contributed by atoms with E-state index < -0.39 is 5.41 Å². The van der Waals surface area contributed by atoms with Crippen molar-refractivity contribution in [1.82, 2.24) is 5.32 Å². The van der Waals surface area contributed by atoms with E-state index in [9.17, 15) is 19.8 Å². The van der Waals surface area contributed by atoms with Crippen LogP contribution in [0, 0.1) is 12.8 Å². The molecule has 0 aromatic heterocycles. The molecule has 1 fully saturated rings. The third kappa shape index (κ3) is 4.76. The number of rotatable bonds is 7. The lowest BCUT2D eigenvalue weighted by Crippen LogP contribution is -2.27. The maximum absolute atomic E-state index is 13.2. The molecule has 1 saturated carbocycles. The van der Waals surface area contributed by atoms with E-state index in [4.69, 9.17) is 0 Å². The zero-order valence-corrected chi connectivity index (χ0v) is 19.7. The van der Waals surface area contributed by atoms with Gasteiger partial charge in [-0.2, -0.15) is 0 Å². The molecule has 6 heteroatoms. The Labute approximate surface area is 199 Å². The minimum absolute atomic E-state index is 0.0271. The van der Waals surface area contributed by atoms with Crippen molar-refractivity contribution in [2.24, 2.45) is 5.92 Å². The molecule has 2 amide bonds. The number of amides is 2. The van der Waals surface area contributed by atoms with Crippen molar-refractivity contribution < 1.29 is 19.8 Å². The number of carbonyl (C=O) groups is 2. The van der Waals surface area contributed by atoms with E-state index in [0.717, 1.165) is 22.3 Å². The molecule has 4 N–H and O–H groups in total. The molecular formula is C28H30N2O4. The van der Waals surface area contributed by atoms with Crippen LogP contribution in [-0.4, -0.2) is 22.0 Å². The molecule has 6 nitrogen and oxygen atoms in total. The van der Waals surface area contributed by atoms with Gasteiger partial charge in [0.15, 0.2) is 11.5 Å². The first-order chi connectivity index (χ1) is 16.2. The first-order valence-electron chi connectivity index (χ1n) is 11.5. The SMILES string of the molecule is Cc1ccc(NC(=O)C2(c3ccc(O)c(O)c3)CC2)cc1-c1ccc(CNC(=O)C(C)C)cc1. The first-order valence-corrected chi connectivity index (χ1v) is 11.5. The third-order valence-corrected chi connectivity index (χ3v) is 6.46. The van der Waals surface area contributed by atoms with Crippen LogP contribution in [0.15, 0.2) is 60.7 Å². The van der Waals surface area contributed by atoms with Crippen LogP contribution in [0.3, 0.4) is 0 Å². The normalized spacial score (nSPS) is 14.0. The van der Waals surface area contributed by atoms with E-state index >= 15 is 0 Å². The molecule has 0 aliphatic heterocycles. The Bertz CT molecular complexity index is 1230. The lowest BCUT2D eigenvalue weighted by atomic mass is 9.94. The van der Waals surface area contributed by atoms with Crippen LogP contribution >= 0.6 is 0 Å². The predicted octanol–water partition coefficient (Wildman–Crippen LogP) is 5.02. The minimum Gasteiger partial charge on any atom is -0.504 e. The van der Waals surface area contributed by atoms with Gasteiger partial charge in [-0.25, -0.2) is 0 Å². The van der Waals surface area contributed by atoms with E-state index in [2.05, 4.69) is 10.6 Å². The van der Waals surface area contributed by atoms with Crippen molar-refractivity contribution in [3.05, 3.63) is 77.4 Å². The number of aromatic hydroxyl groups is 2. The van der Waals surface area contributed by atoms with Crippen molar-refractivity contribution in [2.45, 2.75) is 45.6 Å². The zero-order chi connectivity index (χ0) is 24.5. The molecule has 0 bridgehead atoms. The Morgan fingerprint density at radius 3 is 2.26 bits per heavy atom. The second-order valence-corrected chi connectivity index (χ2v) is 9.34. The quantitative estimate of drug-likeness (QED) is 0.374. The van der Waals surface area contributed by atoms with Crippen LogP contribution in [0.4, 0.5) is 5.69 Å². The highest BCUT2D eigenvalue weighted by Crippen LogP contribution is 2.50. The minimum atomic E-state index is -0.682. The Balaban J connectivity index is 1.49. The van der Waals surface area contributed by atoms with Gasteiger partial charge in [-0.05, 0) is 71.8 Å². The van der Waals surface area contributed by atoms with Crippen molar-refractivity contribution in [2.75, 3.05) is 5.32 Å². The number of aryl methyl sites for hydroxylation is 1. The van der Waals surface area contributed by atoms with Gasteiger partial charge in [0.25, 0.3) is 0 Å². The van der Waals surface area contributed by atoms with E-state index in [1.54, 1.807) is 6.07 Å². The molecule has 34 heavy (non-hydrogen) atoms. The monoisotopic (exact) mass is 458 g/mol. The largest absolute Gasteiger partial charge is 0.504 e. The number of phenolic OH excluding ortho intramolecular Hbond substituents is 2. The fourth-order valence-corrected chi connectivity index (χ4v) is 4.05. The Kier molecular flexibility index (Phi) is 6.33. The van der Waals surface area contributed by atoms with Crippen LogP contribution in [0.5, 0.6) is 11.5 Å². The Morgan fingerprint density at radius 1 is 0.941 bits per heavy atom. The van der Waals surface area contributed by atoms with Crippen LogP contribution in [0.1, 0.15) is 43.4 Å². The van der Waals surface area contributed by atoms with Gasteiger partial charge in [0.1, 0.15) is 0 Å². The second-order valence-electron chi connectivity index (χ2n) is 9.34. The Hall–Kier alpha value is -3.80. The summed E-state index contributed by atoms with van der Waals surface area (Å²) in [6, 6.07) is 18.4. The molecule has 0 atom stereocenters. The summed E-state index contributed by atoms with van der Waals surface area (Å²) in [4.78, 5) is 25.0. The average molecular weight is 459 g/mol. The summed E-state index contributed by atoms with van der Waals surface area (Å²) in [5.74, 6) is -0.560. The van der Waals surface area contributed by atoms with Crippen LogP contribution in [-0.2, 0) is 21.5 Å². The molecule has 176 valence electrons. The number of anilines is 1. The lowest BCUT2D eigenvalue weighted by molar-refractivity contribution is -0.124. The molecule has 1 aliphatic rings. The van der Waals surface area contributed by atoms with Gasteiger partial charge in [0.05, 0.1) is 5.41 Å². The number of benzene rings is 3. The molecule has 3 aromatic carbocycles. The molecule has 0 heterocycles. The third-order valence-electron chi connectivity index (χ3n) is 6.46. The van der Waals surface area contributed by atoms with E-state index in [1.165, 1.54) is 12.1 Å². The van der Waals surface area contributed by atoms with Gasteiger partial charge >= 0.3 is 0 Å². The van der Waals surface area contributed by atoms with E-state index in [1.807, 2.05) is 63.2 Å². The molecule has 4 rings (SSSR count). The first kappa shape index (κ1) is 23.4.